The SMILES string of the molecule is CS(=O)(=O)CCN1CCN(C(=O)c2ccc3c(c2)C(=O)N(C2CCCCC2)C3=O)CC1. The van der Waals surface area contributed by atoms with Gasteiger partial charge in [0.2, 0.25) is 0 Å². The van der Waals surface area contributed by atoms with Gasteiger partial charge in [0.15, 0.2) is 0 Å². The van der Waals surface area contributed by atoms with E-state index < -0.39 is 9.84 Å². The van der Waals surface area contributed by atoms with Crippen LogP contribution in [0.3, 0.4) is 0 Å². The molecule has 0 bridgehead atoms. The molecule has 0 spiro atoms. The number of amides is 3. The topological polar surface area (TPSA) is 95.1 Å². The van der Waals surface area contributed by atoms with Crippen molar-refractivity contribution in [3.05, 3.63) is 34.9 Å². The lowest BCUT2D eigenvalue weighted by molar-refractivity contribution is 0.0548. The molecule has 2 heterocycles. The summed E-state index contributed by atoms with van der Waals surface area (Å²) >= 11 is 0. The minimum absolute atomic E-state index is 0.0414. The molecular weight excluding hydrogens is 418 g/mol. The third-order valence-corrected chi connectivity index (χ3v) is 7.47. The van der Waals surface area contributed by atoms with Gasteiger partial charge < -0.3 is 4.90 Å². The van der Waals surface area contributed by atoms with Crippen LogP contribution in [-0.2, 0) is 9.84 Å². The minimum atomic E-state index is -3.01. The Morgan fingerprint density at radius 1 is 0.968 bits per heavy atom. The molecule has 1 aliphatic carbocycles. The molecule has 0 radical (unpaired) electrons. The molecule has 0 atom stereocenters. The van der Waals surface area contributed by atoms with Crippen LogP contribution in [0.2, 0.25) is 0 Å². The van der Waals surface area contributed by atoms with E-state index in [9.17, 15) is 22.8 Å². The molecule has 31 heavy (non-hydrogen) atoms. The Labute approximate surface area is 183 Å². The molecule has 0 N–H and O–H groups in total. The van der Waals surface area contributed by atoms with E-state index in [1.165, 1.54) is 11.2 Å². The first-order valence-electron chi connectivity index (χ1n) is 11.0. The van der Waals surface area contributed by atoms with Gasteiger partial charge in [-0.1, -0.05) is 19.3 Å². The van der Waals surface area contributed by atoms with Crippen LogP contribution in [0.15, 0.2) is 18.2 Å². The van der Waals surface area contributed by atoms with Gasteiger partial charge in [-0.3, -0.25) is 24.2 Å². The molecule has 0 unspecified atom stereocenters. The highest BCUT2D eigenvalue weighted by atomic mass is 32.2. The van der Waals surface area contributed by atoms with Crippen molar-refractivity contribution in [1.82, 2.24) is 14.7 Å². The molecular formula is C22H29N3O5S. The fraction of sp³-hybridized carbons (Fsp3) is 0.591. The van der Waals surface area contributed by atoms with Crippen LogP contribution in [0.4, 0.5) is 0 Å². The lowest BCUT2D eigenvalue weighted by Gasteiger charge is -2.34. The summed E-state index contributed by atoms with van der Waals surface area (Å²) in [5.74, 6) is -0.584. The van der Waals surface area contributed by atoms with Crippen LogP contribution in [0, 0.1) is 0 Å². The van der Waals surface area contributed by atoms with Crippen LogP contribution in [-0.4, -0.2) is 91.6 Å². The van der Waals surface area contributed by atoms with E-state index in [-0.39, 0.29) is 29.5 Å². The quantitative estimate of drug-likeness (QED) is 0.634. The van der Waals surface area contributed by atoms with Crippen molar-refractivity contribution in [2.75, 3.05) is 44.7 Å². The van der Waals surface area contributed by atoms with Crippen molar-refractivity contribution < 1.29 is 22.8 Å². The van der Waals surface area contributed by atoms with Crippen LogP contribution in [0.25, 0.3) is 0 Å². The Morgan fingerprint density at radius 2 is 1.61 bits per heavy atom. The van der Waals surface area contributed by atoms with Crippen molar-refractivity contribution in [1.29, 1.82) is 0 Å². The van der Waals surface area contributed by atoms with E-state index >= 15 is 0 Å². The molecule has 1 saturated carbocycles. The minimum Gasteiger partial charge on any atom is -0.336 e. The first kappa shape index (κ1) is 22.0. The zero-order chi connectivity index (χ0) is 22.2. The lowest BCUT2D eigenvalue weighted by Crippen LogP contribution is -2.49. The number of hydrogen-bond acceptors (Lipinski definition) is 6. The van der Waals surface area contributed by atoms with Gasteiger partial charge in [-0.2, -0.15) is 0 Å². The van der Waals surface area contributed by atoms with E-state index in [1.54, 1.807) is 23.1 Å². The highest BCUT2D eigenvalue weighted by Gasteiger charge is 2.40. The van der Waals surface area contributed by atoms with E-state index in [0.717, 1.165) is 32.1 Å². The molecule has 168 valence electrons. The number of imide groups is 1. The second-order valence-electron chi connectivity index (χ2n) is 8.80. The smallest absolute Gasteiger partial charge is 0.261 e. The number of fused-ring (bicyclic) bond motifs is 1. The molecule has 2 fully saturated rings. The van der Waals surface area contributed by atoms with Gasteiger partial charge in [0.1, 0.15) is 9.84 Å². The second kappa shape index (κ2) is 8.70. The van der Waals surface area contributed by atoms with Gasteiger partial charge in [-0.05, 0) is 31.0 Å². The highest BCUT2D eigenvalue weighted by molar-refractivity contribution is 7.90. The predicted molar refractivity (Wildman–Crippen MR) is 116 cm³/mol. The summed E-state index contributed by atoms with van der Waals surface area (Å²) in [4.78, 5) is 44.0. The fourth-order valence-electron chi connectivity index (χ4n) is 4.72. The zero-order valence-corrected chi connectivity index (χ0v) is 18.7. The van der Waals surface area contributed by atoms with Gasteiger partial charge >= 0.3 is 0 Å². The van der Waals surface area contributed by atoms with Gasteiger partial charge in [0, 0.05) is 50.6 Å². The van der Waals surface area contributed by atoms with Crippen molar-refractivity contribution in [2.24, 2.45) is 0 Å². The molecule has 0 aromatic heterocycles. The Morgan fingerprint density at radius 3 is 2.26 bits per heavy atom. The summed E-state index contributed by atoms with van der Waals surface area (Å²) in [5.41, 5.74) is 1.13. The summed E-state index contributed by atoms with van der Waals surface area (Å²) < 4.78 is 22.7. The Balaban J connectivity index is 1.42. The van der Waals surface area contributed by atoms with Crippen LogP contribution in [0.5, 0.6) is 0 Å². The molecule has 2 aliphatic heterocycles. The maximum absolute atomic E-state index is 13.0. The maximum Gasteiger partial charge on any atom is 0.261 e. The number of nitrogens with zero attached hydrogens (tertiary/aromatic N) is 3. The number of rotatable bonds is 5. The largest absolute Gasteiger partial charge is 0.336 e. The van der Waals surface area contributed by atoms with Crippen LogP contribution in [0.1, 0.15) is 63.2 Å². The van der Waals surface area contributed by atoms with Gasteiger partial charge in [0.25, 0.3) is 17.7 Å². The number of benzene rings is 1. The summed E-state index contributed by atoms with van der Waals surface area (Å²) in [6, 6.07) is 4.76. The zero-order valence-electron chi connectivity index (χ0n) is 17.9. The molecule has 4 rings (SSSR count). The number of hydrogen-bond donors (Lipinski definition) is 0. The highest BCUT2D eigenvalue weighted by Crippen LogP contribution is 2.31. The Kier molecular flexibility index (Phi) is 6.16. The van der Waals surface area contributed by atoms with E-state index in [4.69, 9.17) is 0 Å². The average molecular weight is 448 g/mol. The van der Waals surface area contributed by atoms with Crippen molar-refractivity contribution >= 4 is 27.6 Å². The molecule has 3 aliphatic rings. The number of sulfone groups is 1. The molecule has 1 aromatic rings. The monoisotopic (exact) mass is 447 g/mol. The average Bonchev–Trinajstić information content (AvgIpc) is 3.02. The first-order chi connectivity index (χ1) is 14.7. The summed E-state index contributed by atoms with van der Waals surface area (Å²) in [6.45, 7) is 2.69. The normalized spacial score (nSPS) is 20.9. The third kappa shape index (κ3) is 4.67. The predicted octanol–water partition coefficient (Wildman–Crippen LogP) is 1.42. The number of piperazine rings is 1. The number of carbonyl (C=O) groups is 3. The summed E-state index contributed by atoms with van der Waals surface area (Å²) in [7, 11) is -3.01. The molecule has 1 saturated heterocycles. The van der Waals surface area contributed by atoms with Crippen LogP contribution >= 0.6 is 0 Å². The van der Waals surface area contributed by atoms with Crippen molar-refractivity contribution in [3.63, 3.8) is 0 Å². The second-order valence-corrected chi connectivity index (χ2v) is 11.1. The lowest BCUT2D eigenvalue weighted by atomic mass is 9.94. The standard InChI is InChI=1S/C22H29N3O5S/c1-31(29,30)14-13-23-9-11-24(12-10-23)20(26)16-7-8-18-19(15-16)22(28)25(21(18)27)17-5-3-2-4-6-17/h7-8,15,17H,2-6,9-14H2,1H3. The van der Waals surface area contributed by atoms with Gasteiger partial charge in [-0.15, -0.1) is 0 Å². The van der Waals surface area contributed by atoms with E-state index in [1.807, 2.05) is 4.90 Å². The van der Waals surface area contributed by atoms with Gasteiger partial charge in [-0.25, -0.2) is 8.42 Å². The summed E-state index contributed by atoms with van der Waals surface area (Å²) in [6.07, 6.45) is 6.11. The van der Waals surface area contributed by atoms with Crippen LogP contribution < -0.4 is 0 Å². The first-order valence-corrected chi connectivity index (χ1v) is 13.0. The molecule has 8 nitrogen and oxygen atoms in total. The fourth-order valence-corrected chi connectivity index (χ4v) is 5.31. The van der Waals surface area contributed by atoms with Gasteiger partial charge in [0.05, 0.1) is 16.9 Å². The molecule has 3 amide bonds. The molecule has 9 heteroatoms. The third-order valence-electron chi connectivity index (χ3n) is 6.54. The number of carbonyl (C=O) groups excluding carboxylic acids is 3. The molecule has 1 aromatic carbocycles. The summed E-state index contributed by atoms with van der Waals surface area (Å²) in [5, 5.41) is 0. The van der Waals surface area contributed by atoms with E-state index in [2.05, 4.69) is 0 Å². The Bertz CT molecular complexity index is 992. The van der Waals surface area contributed by atoms with E-state index in [0.29, 0.717) is 49.4 Å². The van der Waals surface area contributed by atoms with Crippen molar-refractivity contribution in [3.8, 4) is 0 Å². The maximum atomic E-state index is 13.0. The van der Waals surface area contributed by atoms with Crippen molar-refractivity contribution in [2.45, 2.75) is 38.1 Å². The Hall–Kier alpha value is -2.26.